The van der Waals surface area contributed by atoms with E-state index in [9.17, 15) is 46.6 Å². The summed E-state index contributed by atoms with van der Waals surface area (Å²) in [4.78, 5) is 66.4. The highest BCUT2D eigenvalue weighted by Crippen LogP contribution is 2.33. The molecule has 0 spiro atoms. The number of cyclic esters (lactones) is 1. The number of nitrogens with zero attached hydrogens (tertiary/aromatic N) is 3. The highest BCUT2D eigenvalue weighted by atomic mass is 79.9. The number of aliphatic hydroxyl groups is 1. The number of carbonyl (C=O) groups is 5. The summed E-state index contributed by atoms with van der Waals surface area (Å²) >= 11 is 19.0. The Balaban J connectivity index is 0.000000238. The molecule has 13 nitrogen and oxygen atoms in total. The highest BCUT2D eigenvalue weighted by Gasteiger charge is 2.33. The molecule has 8 aromatic rings. The molecule has 0 saturated carbocycles. The van der Waals surface area contributed by atoms with Crippen LogP contribution in [-0.4, -0.2) is 86.4 Å². The number of carbonyl (C=O) groups excluding carboxylic acids is 5. The van der Waals surface area contributed by atoms with Gasteiger partial charge in [0.25, 0.3) is 0 Å². The molecule has 9 rings (SSSR count). The van der Waals surface area contributed by atoms with E-state index in [0.717, 1.165) is 40.1 Å². The van der Waals surface area contributed by atoms with E-state index in [-0.39, 0.29) is 78.3 Å². The third kappa shape index (κ3) is 29.6. The van der Waals surface area contributed by atoms with E-state index in [1.807, 2.05) is 146 Å². The van der Waals surface area contributed by atoms with Crippen LogP contribution in [0.3, 0.4) is 0 Å². The second kappa shape index (κ2) is 41.2. The summed E-state index contributed by atoms with van der Waals surface area (Å²) in [7, 11) is 0. The Kier molecular flexibility index (Phi) is 34.4. The monoisotopic (exact) mass is 1660 g/mol. The van der Waals surface area contributed by atoms with Gasteiger partial charge in [-0.1, -0.05) is 137 Å². The van der Waals surface area contributed by atoms with Crippen molar-refractivity contribution in [2.45, 2.75) is 142 Å². The summed E-state index contributed by atoms with van der Waals surface area (Å²) in [5.41, 5.74) is 10.9. The predicted molar refractivity (Wildman–Crippen MR) is 405 cm³/mol. The van der Waals surface area contributed by atoms with Crippen molar-refractivity contribution in [2.75, 3.05) is 25.5 Å². The Hall–Kier alpha value is -7.24. The lowest BCUT2D eigenvalue weighted by molar-refractivity contribution is 0.0119. The number of amides is 3. The third-order valence-electron chi connectivity index (χ3n) is 15.6. The SMILES string of the molecule is C[C@@H](c1ccc(Br)cc1)N(CCC(=O)c1ccc(F)cc1)C(=O)OC(C)(C)C.C[C@@H](c1ccc(Br)cc1)N(CCC(O)c1ccc(F)cc1)C(=O)OC(C)(C)C.C[C@@H](c1ccc(Br)cc1)N1CCC(c2ccc(F)cc2)OC1=O.C[C@H](N)c1ccc(Br)cc1.O=C(CCCl)c1ccc(F)cc1. The van der Waals surface area contributed by atoms with Crippen molar-refractivity contribution in [3.63, 3.8) is 0 Å². The molecule has 2 unspecified atom stereocenters. The number of Topliss-reactive ketones (excluding diaryl/α,β-unsaturated/α-hetero) is 2. The van der Waals surface area contributed by atoms with Crippen LogP contribution >= 0.6 is 75.3 Å². The van der Waals surface area contributed by atoms with Crippen molar-refractivity contribution in [1.29, 1.82) is 0 Å². The van der Waals surface area contributed by atoms with Crippen LogP contribution < -0.4 is 5.73 Å². The average Bonchev–Trinajstić information content (AvgIpc) is 0.823. The number of halogens is 9. The number of alkyl halides is 1. The first-order chi connectivity index (χ1) is 47.6. The first kappa shape index (κ1) is 84.4. The average molecular weight is 1670 g/mol. The maximum absolute atomic E-state index is 13.1. The maximum Gasteiger partial charge on any atom is 0.410 e. The van der Waals surface area contributed by atoms with E-state index in [1.54, 1.807) is 59.7 Å². The Morgan fingerprint density at radius 3 is 1.23 bits per heavy atom. The molecule has 540 valence electrons. The molecule has 8 aromatic carbocycles. The van der Waals surface area contributed by atoms with Crippen molar-refractivity contribution >= 4 is 105 Å². The number of benzene rings is 8. The summed E-state index contributed by atoms with van der Waals surface area (Å²) in [6.45, 7) is 19.8. The summed E-state index contributed by atoms with van der Waals surface area (Å²) in [6.07, 6.45) is -0.938. The quantitative estimate of drug-likeness (QED) is 0.0344. The normalized spacial score (nSPS) is 14.1. The van der Waals surface area contributed by atoms with Gasteiger partial charge in [-0.25, -0.2) is 31.9 Å². The number of aliphatic hydroxyl groups excluding tert-OH is 1. The molecule has 1 heterocycles. The molecule has 3 amide bonds. The molecule has 101 heavy (non-hydrogen) atoms. The van der Waals surface area contributed by atoms with Gasteiger partial charge in [-0.15, -0.1) is 11.6 Å². The van der Waals surface area contributed by atoms with Gasteiger partial charge in [0.2, 0.25) is 0 Å². The maximum atomic E-state index is 13.1. The fourth-order valence-corrected chi connectivity index (χ4v) is 11.1. The van der Waals surface area contributed by atoms with Gasteiger partial charge in [0.15, 0.2) is 11.6 Å². The molecule has 3 N–H and O–H groups in total. The number of rotatable bonds is 19. The van der Waals surface area contributed by atoms with Crippen LogP contribution in [0.25, 0.3) is 0 Å². The first-order valence-electron chi connectivity index (χ1n) is 32.7. The van der Waals surface area contributed by atoms with Gasteiger partial charge in [0.1, 0.15) is 40.6 Å². The van der Waals surface area contributed by atoms with Crippen molar-refractivity contribution in [2.24, 2.45) is 5.73 Å². The predicted octanol–water partition coefficient (Wildman–Crippen LogP) is 22.5. The van der Waals surface area contributed by atoms with Crippen molar-refractivity contribution < 1.29 is 60.9 Å². The van der Waals surface area contributed by atoms with Crippen LogP contribution in [0.5, 0.6) is 0 Å². The Labute approximate surface area is 629 Å². The van der Waals surface area contributed by atoms with Crippen LogP contribution in [-0.2, 0) is 14.2 Å². The lowest BCUT2D eigenvalue weighted by Gasteiger charge is -2.36. The van der Waals surface area contributed by atoms with Crippen LogP contribution in [0.4, 0.5) is 31.9 Å². The number of ether oxygens (including phenoxy) is 3. The molecule has 0 aromatic heterocycles. The van der Waals surface area contributed by atoms with Gasteiger partial charge in [0.05, 0.1) is 24.2 Å². The molecule has 22 heteroatoms. The second-order valence-corrected chi connectivity index (χ2v) is 29.7. The van der Waals surface area contributed by atoms with Gasteiger partial charge in [0, 0.05) is 79.8 Å². The smallest absolute Gasteiger partial charge is 0.410 e. The fourth-order valence-electron chi connectivity index (χ4n) is 9.90. The topological polar surface area (TPSA) is 169 Å². The minimum atomic E-state index is -0.803. The number of nitrogens with two attached hydrogens (primary N) is 1. The van der Waals surface area contributed by atoms with Crippen LogP contribution in [0.15, 0.2) is 212 Å². The van der Waals surface area contributed by atoms with Gasteiger partial charge < -0.3 is 39.8 Å². The van der Waals surface area contributed by atoms with Crippen molar-refractivity contribution in [1.82, 2.24) is 14.7 Å². The lowest BCUT2D eigenvalue weighted by Crippen LogP contribution is -2.40. The minimum absolute atomic E-state index is 0.0509. The highest BCUT2D eigenvalue weighted by molar-refractivity contribution is 9.11. The number of hydrogen-bond donors (Lipinski definition) is 2. The molecule has 6 atom stereocenters. The van der Waals surface area contributed by atoms with E-state index < -0.39 is 35.3 Å². The van der Waals surface area contributed by atoms with Crippen molar-refractivity contribution in [3.05, 3.63) is 280 Å². The third-order valence-corrected chi connectivity index (χ3v) is 17.9. The van der Waals surface area contributed by atoms with Crippen LogP contribution in [0.1, 0.15) is 185 Å². The Bertz CT molecular complexity index is 3870. The van der Waals surface area contributed by atoms with E-state index in [0.29, 0.717) is 54.9 Å². The summed E-state index contributed by atoms with van der Waals surface area (Å²) in [6, 6.07) is 53.6. The van der Waals surface area contributed by atoms with Crippen molar-refractivity contribution in [3.8, 4) is 0 Å². The van der Waals surface area contributed by atoms with Crippen LogP contribution in [0, 0.1) is 23.3 Å². The van der Waals surface area contributed by atoms with Crippen LogP contribution in [0.2, 0.25) is 0 Å². The number of hydrogen-bond acceptors (Lipinski definition) is 10. The zero-order valence-corrected chi connectivity index (χ0v) is 65.2. The molecule has 1 saturated heterocycles. The molecule has 0 radical (unpaired) electrons. The second-order valence-electron chi connectivity index (χ2n) is 25.7. The molecule has 1 fully saturated rings. The lowest BCUT2D eigenvalue weighted by atomic mass is 10.0. The molecule has 0 bridgehead atoms. The number of ketones is 2. The molecular weight excluding hydrogens is 1580 g/mol. The van der Waals surface area contributed by atoms with Gasteiger partial charge in [-0.3, -0.25) is 9.59 Å². The summed E-state index contributed by atoms with van der Waals surface area (Å²) in [5, 5.41) is 10.5. The minimum Gasteiger partial charge on any atom is -0.444 e. The van der Waals surface area contributed by atoms with E-state index in [2.05, 4.69) is 63.7 Å². The molecular formula is C79H87Br4ClF4N4O9. The Morgan fingerprint density at radius 2 is 0.861 bits per heavy atom. The van der Waals surface area contributed by atoms with E-state index in [4.69, 9.17) is 31.5 Å². The summed E-state index contributed by atoms with van der Waals surface area (Å²) < 4.78 is 72.2. The van der Waals surface area contributed by atoms with Gasteiger partial charge in [-0.2, -0.15) is 0 Å². The zero-order chi connectivity index (χ0) is 74.7. The van der Waals surface area contributed by atoms with Gasteiger partial charge >= 0.3 is 18.3 Å². The molecule has 1 aliphatic rings. The van der Waals surface area contributed by atoms with E-state index in [1.165, 1.54) is 78.4 Å². The van der Waals surface area contributed by atoms with E-state index >= 15 is 0 Å². The van der Waals surface area contributed by atoms with Gasteiger partial charge in [-0.05, 0) is 230 Å². The fraction of sp³-hybridized carbons (Fsp3) is 0.329. The first-order valence-corrected chi connectivity index (χ1v) is 36.4. The zero-order valence-electron chi connectivity index (χ0n) is 58.1. The molecule has 0 aliphatic carbocycles. The standard InChI is InChI=1S/C22H27BrFNO3.C22H25BrFNO3.C18H17BrFNO2.C9H8ClFO.C8H10BrN/c2*1-15(16-5-9-18(23)10-6-16)25(21(27)28-22(2,3)4)14-13-20(26)17-7-11-19(24)12-8-17;1-12(13-2-6-15(19)7-3-13)21-11-10-17(23-18(21)22)14-4-8-16(20)9-5-14;10-6-5-9(12)7-1-3-8(11)4-2-7;1-6(10)7-2-4-8(9)5-3-7/h5-12,15,20,26H,13-14H2,1-4H3;5-12,15H,13-14H2,1-4H3;2-9,12,17H,10-11H2,1H3;1-4H,5-6H2;2-6H,10H2,1H3/t15-,20?;15-;12-,17?;;6-/m000.0/s1. The largest absolute Gasteiger partial charge is 0.444 e. The molecule has 1 aliphatic heterocycles. The Morgan fingerprint density at radius 1 is 0.525 bits per heavy atom. The summed E-state index contributed by atoms with van der Waals surface area (Å²) in [5.74, 6) is -1.28.